The van der Waals surface area contributed by atoms with Crippen LogP contribution < -0.4 is 5.73 Å². The Morgan fingerprint density at radius 1 is 1.33 bits per heavy atom. The second kappa shape index (κ2) is 3.68. The molecule has 0 atom stereocenters. The fraction of sp³-hybridized carbons (Fsp3) is 0. The molecular weight excluding hydrogens is 235 g/mol. The summed E-state index contributed by atoms with van der Waals surface area (Å²) in [6.45, 7) is 0. The lowest BCUT2D eigenvalue weighted by Gasteiger charge is -2.04. The molecule has 0 aliphatic heterocycles. The van der Waals surface area contributed by atoms with E-state index in [9.17, 15) is 4.79 Å². The van der Waals surface area contributed by atoms with Gasteiger partial charge in [-0.05, 0) is 23.6 Å². The Labute approximate surface area is 95.8 Å². The molecule has 1 aromatic heterocycles. The largest absolute Gasteiger partial charge is 0.364 e. The molecule has 15 heavy (non-hydrogen) atoms. The summed E-state index contributed by atoms with van der Waals surface area (Å²) in [6, 6.07) is 4.98. The van der Waals surface area contributed by atoms with E-state index in [1.54, 1.807) is 18.2 Å². The van der Waals surface area contributed by atoms with Gasteiger partial charge in [-0.25, -0.2) is 0 Å². The van der Waals surface area contributed by atoms with E-state index in [0.717, 1.165) is 5.39 Å². The maximum atomic E-state index is 11.1. The van der Waals surface area contributed by atoms with Crippen LogP contribution in [-0.4, -0.2) is 10.9 Å². The molecule has 2 rings (SSSR count). The number of rotatable bonds is 1. The zero-order valence-electron chi connectivity index (χ0n) is 7.50. The summed E-state index contributed by atoms with van der Waals surface area (Å²) in [7, 11) is 0. The molecule has 0 aliphatic carbocycles. The van der Waals surface area contributed by atoms with Crippen molar-refractivity contribution < 1.29 is 4.79 Å². The van der Waals surface area contributed by atoms with Crippen LogP contribution in [0.15, 0.2) is 24.4 Å². The minimum absolute atomic E-state index is 0.161. The molecule has 5 heteroatoms. The van der Waals surface area contributed by atoms with E-state index in [1.807, 2.05) is 0 Å². The maximum absolute atomic E-state index is 11.1. The van der Waals surface area contributed by atoms with Crippen LogP contribution in [0.1, 0.15) is 10.5 Å². The van der Waals surface area contributed by atoms with Gasteiger partial charge in [-0.3, -0.25) is 9.78 Å². The summed E-state index contributed by atoms with van der Waals surface area (Å²) in [5.74, 6) is -0.607. The number of fused-ring (bicyclic) bond motifs is 1. The molecule has 1 amide bonds. The molecule has 0 saturated carbocycles. The zero-order valence-corrected chi connectivity index (χ0v) is 9.01. The van der Waals surface area contributed by atoms with Crippen LogP contribution in [0, 0.1) is 0 Å². The average molecular weight is 241 g/mol. The van der Waals surface area contributed by atoms with Crippen molar-refractivity contribution in [1.82, 2.24) is 4.98 Å². The van der Waals surface area contributed by atoms with E-state index in [-0.39, 0.29) is 5.69 Å². The molecule has 0 bridgehead atoms. The number of hydrogen-bond donors (Lipinski definition) is 1. The van der Waals surface area contributed by atoms with Crippen molar-refractivity contribution in [2.24, 2.45) is 5.73 Å². The van der Waals surface area contributed by atoms with Gasteiger partial charge in [0.25, 0.3) is 5.91 Å². The Balaban J connectivity index is 2.91. The number of pyridine rings is 1. The minimum atomic E-state index is -0.607. The van der Waals surface area contributed by atoms with Crippen LogP contribution in [-0.2, 0) is 0 Å². The van der Waals surface area contributed by atoms with Gasteiger partial charge in [0.05, 0.1) is 5.02 Å². The smallest absolute Gasteiger partial charge is 0.267 e. The SMILES string of the molecule is NC(=O)c1nccc2cc(Cl)cc(Cl)c12. The minimum Gasteiger partial charge on any atom is -0.364 e. The number of amides is 1. The number of aromatic nitrogens is 1. The number of nitrogens with zero attached hydrogens (tertiary/aromatic N) is 1. The van der Waals surface area contributed by atoms with E-state index in [1.165, 1.54) is 6.20 Å². The number of halogens is 2. The van der Waals surface area contributed by atoms with Crippen LogP contribution in [0.2, 0.25) is 10.0 Å². The van der Waals surface area contributed by atoms with Gasteiger partial charge in [-0.2, -0.15) is 0 Å². The van der Waals surface area contributed by atoms with Crippen molar-refractivity contribution in [2.75, 3.05) is 0 Å². The second-order valence-electron chi connectivity index (χ2n) is 3.01. The van der Waals surface area contributed by atoms with Crippen molar-refractivity contribution in [3.63, 3.8) is 0 Å². The van der Waals surface area contributed by atoms with Crippen LogP contribution in [0.4, 0.5) is 0 Å². The van der Waals surface area contributed by atoms with Crippen LogP contribution in [0.3, 0.4) is 0 Å². The summed E-state index contributed by atoms with van der Waals surface area (Å²) >= 11 is 11.8. The molecule has 0 fully saturated rings. The van der Waals surface area contributed by atoms with E-state index in [2.05, 4.69) is 4.98 Å². The normalized spacial score (nSPS) is 10.5. The van der Waals surface area contributed by atoms with Crippen molar-refractivity contribution in [1.29, 1.82) is 0 Å². The van der Waals surface area contributed by atoms with Crippen LogP contribution >= 0.6 is 23.2 Å². The Hall–Kier alpha value is -1.32. The second-order valence-corrected chi connectivity index (χ2v) is 3.85. The summed E-state index contributed by atoms with van der Waals surface area (Å²) in [6.07, 6.45) is 1.50. The fourth-order valence-electron chi connectivity index (χ4n) is 1.42. The van der Waals surface area contributed by atoms with E-state index >= 15 is 0 Å². The zero-order chi connectivity index (χ0) is 11.0. The summed E-state index contributed by atoms with van der Waals surface area (Å²) in [4.78, 5) is 15.0. The topological polar surface area (TPSA) is 56.0 Å². The van der Waals surface area contributed by atoms with Gasteiger partial charge in [0.15, 0.2) is 0 Å². The number of primary amides is 1. The molecule has 1 aromatic carbocycles. The first-order valence-electron chi connectivity index (χ1n) is 4.13. The molecule has 2 aromatic rings. The number of hydrogen-bond acceptors (Lipinski definition) is 2. The van der Waals surface area contributed by atoms with Gasteiger partial charge in [-0.1, -0.05) is 23.2 Å². The van der Waals surface area contributed by atoms with Gasteiger partial charge in [0.1, 0.15) is 5.69 Å². The van der Waals surface area contributed by atoms with E-state index in [4.69, 9.17) is 28.9 Å². The third-order valence-corrected chi connectivity index (χ3v) is 2.53. The summed E-state index contributed by atoms with van der Waals surface area (Å²) in [5, 5.41) is 2.17. The number of benzene rings is 1. The molecule has 0 saturated heterocycles. The highest BCUT2D eigenvalue weighted by Crippen LogP contribution is 2.29. The summed E-state index contributed by atoms with van der Waals surface area (Å²) < 4.78 is 0. The predicted octanol–water partition coefficient (Wildman–Crippen LogP) is 2.64. The summed E-state index contributed by atoms with van der Waals surface area (Å²) in [5.41, 5.74) is 5.35. The molecule has 76 valence electrons. The van der Waals surface area contributed by atoms with Crippen molar-refractivity contribution in [3.05, 3.63) is 40.1 Å². The molecule has 0 unspecified atom stereocenters. The molecule has 3 nitrogen and oxygen atoms in total. The highest BCUT2D eigenvalue weighted by molar-refractivity contribution is 6.39. The Kier molecular flexibility index (Phi) is 2.50. The Bertz CT molecular complexity index is 554. The number of nitrogens with two attached hydrogens (primary N) is 1. The maximum Gasteiger partial charge on any atom is 0.267 e. The van der Waals surface area contributed by atoms with Crippen LogP contribution in [0.5, 0.6) is 0 Å². The van der Waals surface area contributed by atoms with Crippen molar-refractivity contribution in [3.8, 4) is 0 Å². The highest BCUT2D eigenvalue weighted by atomic mass is 35.5. The number of carbonyl (C=O) groups excluding carboxylic acids is 1. The van der Waals surface area contributed by atoms with Gasteiger partial charge in [0, 0.05) is 16.6 Å². The fourth-order valence-corrected chi connectivity index (χ4v) is 2.02. The first kappa shape index (κ1) is 10.2. The standard InChI is InChI=1S/C10H6Cl2N2O/c11-6-3-5-1-2-14-9(10(13)15)8(5)7(12)4-6/h1-4H,(H2,13,15). The van der Waals surface area contributed by atoms with Gasteiger partial charge in [0.2, 0.25) is 0 Å². The average Bonchev–Trinajstić information content (AvgIpc) is 2.16. The quantitative estimate of drug-likeness (QED) is 0.834. The third kappa shape index (κ3) is 1.76. The molecular formula is C10H6Cl2N2O. The van der Waals surface area contributed by atoms with Gasteiger partial charge < -0.3 is 5.73 Å². The predicted molar refractivity (Wildman–Crippen MR) is 60.3 cm³/mol. The Morgan fingerprint density at radius 3 is 2.73 bits per heavy atom. The lowest BCUT2D eigenvalue weighted by atomic mass is 10.1. The lowest BCUT2D eigenvalue weighted by Crippen LogP contribution is -2.13. The molecule has 2 N–H and O–H groups in total. The highest BCUT2D eigenvalue weighted by Gasteiger charge is 2.11. The van der Waals surface area contributed by atoms with E-state index < -0.39 is 5.91 Å². The molecule has 0 spiro atoms. The third-order valence-electron chi connectivity index (χ3n) is 2.01. The Morgan fingerprint density at radius 2 is 2.07 bits per heavy atom. The van der Waals surface area contributed by atoms with E-state index in [0.29, 0.717) is 15.4 Å². The number of carbonyl (C=O) groups is 1. The first-order chi connectivity index (χ1) is 7.09. The van der Waals surface area contributed by atoms with Crippen molar-refractivity contribution >= 4 is 39.9 Å². The van der Waals surface area contributed by atoms with Crippen molar-refractivity contribution in [2.45, 2.75) is 0 Å². The molecule has 1 heterocycles. The monoisotopic (exact) mass is 240 g/mol. The van der Waals surface area contributed by atoms with Gasteiger partial charge in [-0.15, -0.1) is 0 Å². The lowest BCUT2D eigenvalue weighted by molar-refractivity contribution is 0.0997. The first-order valence-corrected chi connectivity index (χ1v) is 4.89. The molecule has 0 radical (unpaired) electrons. The van der Waals surface area contributed by atoms with Gasteiger partial charge >= 0.3 is 0 Å². The van der Waals surface area contributed by atoms with Crippen LogP contribution in [0.25, 0.3) is 10.8 Å². The molecule has 0 aliphatic rings.